The lowest BCUT2D eigenvalue weighted by Crippen LogP contribution is -2.36. The van der Waals surface area contributed by atoms with Crippen molar-refractivity contribution in [2.24, 2.45) is 0 Å². The second-order valence-corrected chi connectivity index (χ2v) is 7.39. The Bertz CT molecular complexity index is 845. The molecule has 158 valence electrons. The van der Waals surface area contributed by atoms with Crippen LogP contribution >= 0.6 is 0 Å². The van der Waals surface area contributed by atoms with Crippen LogP contribution in [-0.2, 0) is 17.7 Å². The second-order valence-electron chi connectivity index (χ2n) is 7.39. The average molecular weight is 408 g/mol. The molecule has 0 saturated carbocycles. The minimum absolute atomic E-state index is 0.173. The van der Waals surface area contributed by atoms with Gasteiger partial charge in [0.25, 0.3) is 6.29 Å². The van der Waals surface area contributed by atoms with E-state index < -0.39 is 12.5 Å². The molecule has 0 radical (unpaired) electrons. The molecule has 7 heteroatoms. The van der Waals surface area contributed by atoms with Crippen LogP contribution in [0.25, 0.3) is 0 Å². The summed E-state index contributed by atoms with van der Waals surface area (Å²) in [6.45, 7) is 5.77. The van der Waals surface area contributed by atoms with E-state index in [1.165, 1.54) is 11.1 Å². The van der Waals surface area contributed by atoms with Gasteiger partial charge in [-0.2, -0.15) is 13.2 Å². The van der Waals surface area contributed by atoms with Crippen molar-refractivity contribution < 1.29 is 22.6 Å². The van der Waals surface area contributed by atoms with Crippen molar-refractivity contribution in [3.05, 3.63) is 52.6 Å². The van der Waals surface area contributed by atoms with Crippen molar-refractivity contribution in [2.75, 3.05) is 30.9 Å². The van der Waals surface area contributed by atoms with E-state index in [1.54, 1.807) is 12.1 Å². The van der Waals surface area contributed by atoms with Gasteiger partial charge in [0.05, 0.1) is 0 Å². The first-order chi connectivity index (χ1) is 13.7. The molecule has 0 spiro atoms. The van der Waals surface area contributed by atoms with Crippen molar-refractivity contribution in [1.29, 1.82) is 0 Å². The van der Waals surface area contributed by atoms with E-state index in [-0.39, 0.29) is 5.75 Å². The van der Waals surface area contributed by atoms with E-state index in [0.29, 0.717) is 6.54 Å². The summed E-state index contributed by atoms with van der Waals surface area (Å²) in [4.78, 5) is 2.32. The van der Waals surface area contributed by atoms with Crippen molar-refractivity contribution >= 4 is 11.4 Å². The van der Waals surface area contributed by atoms with E-state index in [2.05, 4.69) is 40.9 Å². The van der Waals surface area contributed by atoms with Gasteiger partial charge in [0, 0.05) is 38.6 Å². The normalized spacial score (nSPS) is 15.5. The number of hydrogen-bond acceptors (Lipinski definition) is 4. The summed E-state index contributed by atoms with van der Waals surface area (Å²) in [6.07, 6.45) is -5.14. The molecule has 3 rings (SSSR count). The number of ether oxygens (including phenoxy) is 2. The van der Waals surface area contributed by atoms with Crippen LogP contribution in [0, 0.1) is 13.8 Å². The fraction of sp³-hybridized carbons (Fsp3) is 0.455. The first-order valence-corrected chi connectivity index (χ1v) is 9.65. The van der Waals surface area contributed by atoms with Crippen LogP contribution in [0.5, 0.6) is 5.75 Å². The van der Waals surface area contributed by atoms with Gasteiger partial charge < -0.3 is 19.7 Å². The number of fused-ring (bicyclic) bond motifs is 1. The monoisotopic (exact) mass is 408 g/mol. The number of halogens is 3. The molecule has 29 heavy (non-hydrogen) atoms. The lowest BCUT2D eigenvalue weighted by atomic mass is 10.0. The topological polar surface area (TPSA) is 33.7 Å². The third-order valence-corrected chi connectivity index (χ3v) is 5.27. The molecule has 1 unspecified atom stereocenters. The van der Waals surface area contributed by atoms with E-state index >= 15 is 0 Å². The predicted molar refractivity (Wildman–Crippen MR) is 109 cm³/mol. The van der Waals surface area contributed by atoms with Gasteiger partial charge in [-0.1, -0.05) is 6.07 Å². The summed E-state index contributed by atoms with van der Waals surface area (Å²) in [7, 11) is 2.91. The number of rotatable bonds is 5. The number of nitrogens with zero attached hydrogens (tertiary/aromatic N) is 1. The molecule has 0 aromatic heterocycles. The molecule has 2 aromatic rings. The molecule has 1 N–H and O–H groups in total. The van der Waals surface area contributed by atoms with Crippen LogP contribution in [0.3, 0.4) is 0 Å². The summed E-state index contributed by atoms with van der Waals surface area (Å²) >= 11 is 0. The molecule has 1 atom stereocenters. The van der Waals surface area contributed by atoms with Gasteiger partial charge in [-0.15, -0.1) is 0 Å². The van der Waals surface area contributed by atoms with Crippen molar-refractivity contribution in [2.45, 2.75) is 45.7 Å². The number of methoxy groups -OCH3 is 1. The Morgan fingerprint density at radius 2 is 1.76 bits per heavy atom. The largest absolute Gasteiger partial charge is 0.455 e. The van der Waals surface area contributed by atoms with Gasteiger partial charge in [0.15, 0.2) is 0 Å². The average Bonchev–Trinajstić information content (AvgIpc) is 2.86. The fourth-order valence-corrected chi connectivity index (χ4v) is 3.92. The highest BCUT2D eigenvalue weighted by Gasteiger charge is 2.42. The number of hydrogen-bond donors (Lipinski definition) is 1. The number of alkyl halides is 3. The van der Waals surface area contributed by atoms with Crippen molar-refractivity contribution in [3.63, 3.8) is 0 Å². The second kappa shape index (κ2) is 8.53. The maximum Gasteiger partial charge on any atom is 0.452 e. The Balaban J connectivity index is 1.82. The zero-order valence-corrected chi connectivity index (χ0v) is 17.2. The maximum atomic E-state index is 12.9. The van der Waals surface area contributed by atoms with Gasteiger partial charge >= 0.3 is 6.18 Å². The summed E-state index contributed by atoms with van der Waals surface area (Å²) in [5, 5.41) is 3.24. The van der Waals surface area contributed by atoms with Crippen LogP contribution in [0.15, 0.2) is 30.3 Å². The fourth-order valence-electron chi connectivity index (χ4n) is 3.92. The first-order valence-electron chi connectivity index (χ1n) is 9.65. The number of benzene rings is 2. The molecule has 0 fully saturated rings. The molecular weight excluding hydrogens is 381 g/mol. The lowest BCUT2D eigenvalue weighted by molar-refractivity contribution is -0.274. The Labute approximate surface area is 169 Å². The van der Waals surface area contributed by atoms with Crippen LogP contribution < -0.4 is 15.0 Å². The summed E-state index contributed by atoms with van der Waals surface area (Å²) in [5.41, 5.74) is 6.79. The minimum Gasteiger partial charge on any atom is -0.455 e. The van der Waals surface area contributed by atoms with Gasteiger partial charge in [0.2, 0.25) is 0 Å². The third kappa shape index (κ3) is 4.78. The summed E-state index contributed by atoms with van der Waals surface area (Å²) < 4.78 is 48.2. The molecule has 0 saturated heterocycles. The Morgan fingerprint density at radius 1 is 1.07 bits per heavy atom. The molecular formula is C22H27F3N2O2. The molecule has 2 aromatic carbocycles. The number of nitrogens with one attached hydrogen (secondary N) is 1. The third-order valence-electron chi connectivity index (χ3n) is 5.27. The highest BCUT2D eigenvalue weighted by Crippen LogP contribution is 2.32. The van der Waals surface area contributed by atoms with Gasteiger partial charge in [0.1, 0.15) is 5.75 Å². The highest BCUT2D eigenvalue weighted by atomic mass is 19.4. The number of aryl methyl sites for hydroxylation is 3. The Morgan fingerprint density at radius 3 is 2.34 bits per heavy atom. The maximum absolute atomic E-state index is 12.9. The molecule has 4 nitrogen and oxygen atoms in total. The van der Waals surface area contributed by atoms with E-state index in [9.17, 15) is 13.2 Å². The molecule has 1 heterocycles. The van der Waals surface area contributed by atoms with Gasteiger partial charge in [-0.05, 0) is 73.2 Å². The SMILES string of the molecule is CNc1c(C)cc(N2CCCc3cc(OC(OC)C(F)(F)F)ccc3C2)cc1C. The van der Waals surface area contributed by atoms with Gasteiger partial charge in [-0.25, -0.2) is 0 Å². The van der Waals surface area contributed by atoms with Crippen molar-refractivity contribution in [1.82, 2.24) is 0 Å². The molecule has 1 aliphatic heterocycles. The van der Waals surface area contributed by atoms with E-state index in [4.69, 9.17) is 4.74 Å². The van der Waals surface area contributed by atoms with Crippen LogP contribution in [0.2, 0.25) is 0 Å². The molecule has 0 bridgehead atoms. The summed E-state index contributed by atoms with van der Waals surface area (Å²) in [5.74, 6) is 0.173. The standard InChI is InChI=1S/C22H27F3N2O2/c1-14-10-18(11-15(2)20(14)26-3)27-9-5-6-16-12-19(8-7-17(16)13-27)29-21(28-4)22(23,24)25/h7-8,10-12,21,26H,5-6,9,13H2,1-4H3. The molecule has 0 aliphatic carbocycles. The lowest BCUT2D eigenvalue weighted by Gasteiger charge is -2.25. The smallest absolute Gasteiger partial charge is 0.452 e. The Kier molecular flexibility index (Phi) is 6.27. The summed E-state index contributed by atoms with van der Waals surface area (Å²) in [6, 6.07) is 9.49. The quantitative estimate of drug-likeness (QED) is 0.689. The zero-order valence-electron chi connectivity index (χ0n) is 17.2. The van der Waals surface area contributed by atoms with Crippen LogP contribution in [-0.4, -0.2) is 33.2 Å². The first kappa shape index (κ1) is 21.3. The minimum atomic E-state index is -4.58. The Hall–Kier alpha value is -2.41. The van der Waals surface area contributed by atoms with E-state index in [1.807, 2.05) is 13.1 Å². The van der Waals surface area contributed by atoms with E-state index in [0.717, 1.165) is 49.0 Å². The van der Waals surface area contributed by atoms with Crippen LogP contribution in [0.1, 0.15) is 28.7 Å². The van der Waals surface area contributed by atoms with Crippen molar-refractivity contribution in [3.8, 4) is 5.75 Å². The highest BCUT2D eigenvalue weighted by molar-refractivity contribution is 5.65. The van der Waals surface area contributed by atoms with Crippen LogP contribution in [0.4, 0.5) is 24.5 Å². The zero-order chi connectivity index (χ0) is 21.2. The van der Waals surface area contributed by atoms with Gasteiger partial charge in [-0.3, -0.25) is 0 Å². The molecule has 0 amide bonds. The predicted octanol–water partition coefficient (Wildman–Crippen LogP) is 5.21. The molecule has 1 aliphatic rings. The number of anilines is 2.